The van der Waals surface area contributed by atoms with Gasteiger partial charge in [0, 0.05) is 8.32 Å². The average molecular weight is 953 g/mol. The zero-order valence-electron chi connectivity index (χ0n) is 25.3. The van der Waals surface area contributed by atoms with E-state index in [0.29, 0.717) is 0 Å². The van der Waals surface area contributed by atoms with E-state index in [-0.39, 0.29) is 35.5 Å². The number of hydrogen-bond acceptors (Lipinski definition) is 1. The van der Waals surface area contributed by atoms with Crippen LogP contribution in [-0.2, 0) is 61.8 Å². The van der Waals surface area contributed by atoms with Gasteiger partial charge in [0.25, 0.3) is 0 Å². The molecule has 2 aromatic rings. The monoisotopic (exact) mass is 952 g/mol. The molecule has 0 unspecified atom stereocenters. The van der Waals surface area contributed by atoms with Gasteiger partial charge < -0.3 is 17.2 Å². The molecule has 2 rings (SSSR count). The second kappa shape index (κ2) is 14.9. The van der Waals surface area contributed by atoms with Crippen LogP contribution in [0.3, 0.4) is 0 Å². The van der Waals surface area contributed by atoms with E-state index in [1.807, 2.05) is 0 Å². The molecule has 0 spiro atoms. The summed E-state index contributed by atoms with van der Waals surface area (Å²) in [7, 11) is -9.54. The second-order valence-electron chi connectivity index (χ2n) is 10.5. The van der Waals surface area contributed by atoms with E-state index in [4.69, 9.17) is 0 Å². The molecule has 0 saturated carbocycles. The van der Waals surface area contributed by atoms with E-state index in [2.05, 4.69) is 0 Å². The maximum absolute atomic E-state index is 14.3. The maximum Gasteiger partial charge on any atom is 2.00 e. The Morgan fingerprint density at radius 3 is 0.439 bits per heavy atom. The van der Waals surface area contributed by atoms with Gasteiger partial charge in [-0.15, -0.1) is 0 Å². The van der Waals surface area contributed by atoms with E-state index >= 15 is 0 Å². The minimum atomic E-state index is -9.54. The van der Waals surface area contributed by atoms with Crippen LogP contribution in [0, 0.1) is 0 Å². The van der Waals surface area contributed by atoms with Gasteiger partial charge in [-0.25, -0.2) is 0 Å². The molecule has 0 atom stereocenters. The van der Waals surface area contributed by atoms with E-state index in [0.717, 1.165) is 0 Å². The summed E-state index contributed by atoms with van der Waals surface area (Å²) >= 11 is 0. The Labute approximate surface area is 314 Å². The molecule has 2 aromatic carbocycles. The first kappa shape index (κ1) is 54.6. The largest absolute Gasteiger partial charge is 2.00 e. The third-order valence-electron chi connectivity index (χ3n) is 6.79. The van der Waals surface area contributed by atoms with Crippen molar-refractivity contribution in [3.63, 3.8) is 0 Å². The summed E-state index contributed by atoms with van der Waals surface area (Å²) in [6, 6.07) is 0. The molecule has 34 heteroatoms. The second-order valence-corrected chi connectivity index (χ2v) is 13.6. The van der Waals surface area contributed by atoms with E-state index < -0.39 is 143 Å². The molecule has 0 aliphatic rings. The summed E-state index contributed by atoms with van der Waals surface area (Å²) < 4.78 is 422. The molecule has 0 amide bonds. The Balaban J connectivity index is 0.0000157. The van der Waals surface area contributed by atoms with Crippen molar-refractivity contribution in [2.24, 2.45) is 0 Å². The molecular weight excluding hydrogens is 950 g/mol. The summed E-state index contributed by atoms with van der Waals surface area (Å²) in [6.07, 6.45) is -79.7. The SMILES string of the molecule is C[Si]([O-])(c1c(C(F)(F)F)c(C(F)(F)F)c(C(F)(F)F)c(C(F)(F)F)c1C(F)(F)F)c1c(C(F)(F)F)c(C(F)(F)F)c(C(F)(F)F)c(C(F)(F)F)c1C(F)(F)F.[Cl-].[Mg+2]. The zero-order chi connectivity index (χ0) is 44.4. The molecule has 324 valence electrons. The van der Waals surface area contributed by atoms with Crippen molar-refractivity contribution in [1.29, 1.82) is 0 Å². The molecule has 0 aromatic heterocycles. The standard InChI is InChI=1S/C23H3F30OSi.ClH.Mg/c1-55(54,12-8(20(42,43)44)4(16(30,31)32)2(14(24,25)26)5(17(33,34)35)9(12)21(45,46)47)13-10(22(48,49)50)6(18(36,37)38)3(15(27,28)29)7(19(39,40)41)11(13)23(51,52)53;;/h1H3;1H;/q-1;;+2/p-1. The first-order valence-corrected chi connectivity index (χ1v) is 14.8. The first-order chi connectivity index (χ1) is 23.5. The van der Waals surface area contributed by atoms with Crippen molar-refractivity contribution < 1.29 is 149 Å². The van der Waals surface area contributed by atoms with Crippen LogP contribution in [0.4, 0.5) is 132 Å². The van der Waals surface area contributed by atoms with Crippen molar-refractivity contribution in [1.82, 2.24) is 0 Å². The molecule has 57 heavy (non-hydrogen) atoms. The van der Waals surface area contributed by atoms with Crippen LogP contribution >= 0.6 is 0 Å². The average Bonchev–Trinajstić information content (AvgIpc) is 2.84. The third-order valence-corrected chi connectivity index (χ3v) is 9.70. The molecule has 0 fully saturated rings. The molecule has 0 aliphatic carbocycles. The van der Waals surface area contributed by atoms with Gasteiger partial charge in [0.2, 0.25) is 0 Å². The van der Waals surface area contributed by atoms with Gasteiger partial charge in [0.15, 0.2) is 0 Å². The van der Waals surface area contributed by atoms with Crippen LogP contribution in [-0.4, -0.2) is 31.4 Å². The van der Waals surface area contributed by atoms with Gasteiger partial charge >= 0.3 is 84.8 Å². The number of rotatable bonds is 2. The zero-order valence-corrected chi connectivity index (χ0v) is 28.5. The summed E-state index contributed by atoms with van der Waals surface area (Å²) in [4.78, 5) is 13.9. The van der Waals surface area contributed by atoms with Crippen LogP contribution in [0.15, 0.2) is 0 Å². The Bertz CT molecular complexity index is 1580. The fourth-order valence-corrected chi connectivity index (χ4v) is 8.64. The van der Waals surface area contributed by atoms with Crippen molar-refractivity contribution in [2.75, 3.05) is 0 Å². The summed E-state index contributed by atoms with van der Waals surface area (Å²) in [5, 5.41) is -10.1. The van der Waals surface area contributed by atoms with Crippen molar-refractivity contribution in [3.8, 4) is 0 Å². The van der Waals surface area contributed by atoms with Crippen LogP contribution in [0.2, 0.25) is 6.55 Å². The van der Waals surface area contributed by atoms with Crippen LogP contribution in [0.1, 0.15) is 55.6 Å². The minimum absolute atomic E-state index is 0. The van der Waals surface area contributed by atoms with E-state index in [1.54, 1.807) is 0 Å². The summed E-state index contributed by atoms with van der Waals surface area (Å²) in [5.41, 5.74) is -52.4. The fourth-order valence-electron chi connectivity index (χ4n) is 5.41. The smallest absolute Gasteiger partial charge is 1.00 e. The Morgan fingerprint density at radius 1 is 0.263 bits per heavy atom. The minimum Gasteiger partial charge on any atom is -1.00 e. The molecule has 1 nitrogen and oxygen atoms in total. The predicted octanol–water partition coefficient (Wildman–Crippen LogP) is 7.55. The molecule has 0 saturated heterocycles. The molecular formula is C23H3ClF30MgOSi. The molecule has 0 aliphatic heterocycles. The topological polar surface area (TPSA) is 23.1 Å². The number of alkyl halides is 30. The Kier molecular flexibility index (Phi) is 14.3. The van der Waals surface area contributed by atoms with Crippen LogP contribution < -0.4 is 27.6 Å². The van der Waals surface area contributed by atoms with Gasteiger partial charge in [-0.1, -0.05) is 6.55 Å². The Morgan fingerprint density at radius 2 is 0.351 bits per heavy atom. The van der Waals surface area contributed by atoms with Gasteiger partial charge in [-0.2, -0.15) is 132 Å². The fraction of sp³-hybridized carbons (Fsp3) is 0.478. The number of halogens is 31. The Hall–Kier alpha value is -2.43. The number of hydrogen-bond donors (Lipinski definition) is 0. The van der Waals surface area contributed by atoms with E-state index in [1.165, 1.54) is 0 Å². The van der Waals surface area contributed by atoms with Gasteiger partial charge in [-0.05, 0) is 10.4 Å². The predicted molar refractivity (Wildman–Crippen MR) is 120 cm³/mol. The van der Waals surface area contributed by atoms with Gasteiger partial charge in [0.05, 0.1) is 55.6 Å². The molecule has 0 N–H and O–H groups in total. The maximum atomic E-state index is 14.3. The summed E-state index contributed by atoms with van der Waals surface area (Å²) in [6.45, 7) is -1.80. The van der Waals surface area contributed by atoms with Gasteiger partial charge in [0.1, 0.15) is 0 Å². The summed E-state index contributed by atoms with van der Waals surface area (Å²) in [5.74, 6) is 0. The quantitative estimate of drug-likeness (QED) is 0.226. The molecule has 0 bridgehead atoms. The van der Waals surface area contributed by atoms with Crippen molar-refractivity contribution >= 4 is 41.7 Å². The molecule has 0 radical (unpaired) electrons. The van der Waals surface area contributed by atoms with Crippen molar-refractivity contribution in [2.45, 2.75) is 68.3 Å². The van der Waals surface area contributed by atoms with Crippen molar-refractivity contribution in [3.05, 3.63) is 55.6 Å². The normalized spacial score (nSPS) is 14.7. The first-order valence-electron chi connectivity index (χ1n) is 12.4. The van der Waals surface area contributed by atoms with Gasteiger partial charge in [-0.3, -0.25) is 0 Å². The van der Waals surface area contributed by atoms with Crippen LogP contribution in [0.5, 0.6) is 0 Å². The van der Waals surface area contributed by atoms with E-state index in [9.17, 15) is 137 Å². The molecule has 0 heterocycles. The third kappa shape index (κ3) is 10.3. The number of benzene rings is 2. The van der Waals surface area contributed by atoms with Crippen LogP contribution in [0.25, 0.3) is 0 Å².